The number of alkyl halides is 2. The maximum Gasteiger partial charge on any atom is 0.267 e. The Kier molecular flexibility index (Phi) is 3.70. The molecule has 0 heterocycles. The number of rotatable bonds is 4. The quantitative estimate of drug-likeness (QED) is 0.775. The van der Waals surface area contributed by atoms with Gasteiger partial charge in [0.15, 0.2) is 0 Å². The van der Waals surface area contributed by atoms with Crippen molar-refractivity contribution in [2.75, 3.05) is 0 Å². The van der Waals surface area contributed by atoms with Crippen LogP contribution in [0, 0.1) is 6.07 Å². The molecule has 17 heavy (non-hydrogen) atoms. The van der Waals surface area contributed by atoms with Crippen LogP contribution in [-0.2, 0) is 6.61 Å². The molecule has 2 aromatic carbocycles. The van der Waals surface area contributed by atoms with Gasteiger partial charge in [-0.3, -0.25) is 0 Å². The average Bonchev–Trinajstić information content (AvgIpc) is 2.38. The molecule has 0 saturated heterocycles. The summed E-state index contributed by atoms with van der Waals surface area (Å²) in [6.07, 6.45) is -2.54. The molecular formula is C14H11F2O. The number of halogens is 2. The van der Waals surface area contributed by atoms with Crippen molar-refractivity contribution in [3.8, 4) is 5.75 Å². The van der Waals surface area contributed by atoms with E-state index >= 15 is 0 Å². The fraction of sp³-hybridized carbons (Fsp3) is 0.143. The fourth-order valence-corrected chi connectivity index (χ4v) is 1.46. The highest BCUT2D eigenvalue weighted by Gasteiger charge is 2.13. The van der Waals surface area contributed by atoms with Crippen LogP contribution in [0.25, 0.3) is 0 Å². The van der Waals surface area contributed by atoms with Gasteiger partial charge in [0.2, 0.25) is 0 Å². The lowest BCUT2D eigenvalue weighted by Crippen LogP contribution is -1.98. The lowest BCUT2D eigenvalue weighted by atomic mass is 10.2. The van der Waals surface area contributed by atoms with Crippen LogP contribution in [0.3, 0.4) is 0 Å². The molecule has 87 valence electrons. The van der Waals surface area contributed by atoms with Crippen molar-refractivity contribution in [1.29, 1.82) is 0 Å². The van der Waals surface area contributed by atoms with Crippen molar-refractivity contribution >= 4 is 0 Å². The first-order valence-corrected chi connectivity index (χ1v) is 5.23. The lowest BCUT2D eigenvalue weighted by molar-refractivity contribution is 0.144. The highest BCUT2D eigenvalue weighted by Crippen LogP contribution is 2.28. The molecule has 0 bridgehead atoms. The van der Waals surface area contributed by atoms with E-state index < -0.39 is 6.43 Å². The molecule has 0 saturated carbocycles. The van der Waals surface area contributed by atoms with E-state index in [0.29, 0.717) is 0 Å². The molecule has 0 amide bonds. The van der Waals surface area contributed by atoms with Gasteiger partial charge in [-0.15, -0.1) is 0 Å². The summed E-state index contributed by atoms with van der Waals surface area (Å²) in [5.41, 5.74) is 0.813. The third kappa shape index (κ3) is 3.03. The zero-order valence-corrected chi connectivity index (χ0v) is 9.07. The summed E-state index contributed by atoms with van der Waals surface area (Å²) < 4.78 is 30.7. The second-order valence-corrected chi connectivity index (χ2v) is 3.53. The summed E-state index contributed by atoms with van der Waals surface area (Å²) in [5.74, 6) is 0.117. The van der Waals surface area contributed by atoms with Crippen LogP contribution in [0.15, 0.2) is 48.5 Å². The van der Waals surface area contributed by atoms with Crippen LogP contribution in [0.1, 0.15) is 17.6 Å². The maximum absolute atomic E-state index is 12.7. The molecule has 1 nitrogen and oxygen atoms in total. The first kappa shape index (κ1) is 11.6. The largest absolute Gasteiger partial charge is 0.488 e. The Morgan fingerprint density at radius 1 is 1.06 bits per heavy atom. The van der Waals surface area contributed by atoms with E-state index in [9.17, 15) is 8.78 Å². The normalized spacial score (nSPS) is 10.5. The summed E-state index contributed by atoms with van der Waals surface area (Å²) in [6, 6.07) is 16.5. The van der Waals surface area contributed by atoms with Crippen molar-refractivity contribution in [2.24, 2.45) is 0 Å². The third-order valence-corrected chi connectivity index (χ3v) is 2.31. The van der Waals surface area contributed by atoms with Gasteiger partial charge in [0, 0.05) is 6.07 Å². The number of hydrogen-bond donors (Lipinski definition) is 0. The van der Waals surface area contributed by atoms with Gasteiger partial charge in [0.1, 0.15) is 12.4 Å². The fourth-order valence-electron chi connectivity index (χ4n) is 1.46. The predicted octanol–water partition coefficient (Wildman–Crippen LogP) is 4.00. The minimum atomic E-state index is -2.54. The Morgan fingerprint density at radius 3 is 2.53 bits per heavy atom. The van der Waals surface area contributed by atoms with E-state index in [1.165, 1.54) is 12.1 Å². The highest BCUT2D eigenvalue weighted by molar-refractivity contribution is 5.33. The minimum Gasteiger partial charge on any atom is -0.488 e. The molecule has 0 aliphatic carbocycles. The molecule has 0 unspecified atom stereocenters. The summed E-state index contributed by atoms with van der Waals surface area (Å²) in [4.78, 5) is 0. The summed E-state index contributed by atoms with van der Waals surface area (Å²) in [7, 11) is 0. The van der Waals surface area contributed by atoms with Gasteiger partial charge in [-0.1, -0.05) is 42.5 Å². The molecule has 2 aromatic rings. The third-order valence-electron chi connectivity index (χ3n) is 2.31. The molecule has 1 radical (unpaired) electrons. The van der Waals surface area contributed by atoms with Crippen molar-refractivity contribution in [2.45, 2.75) is 13.0 Å². The Morgan fingerprint density at radius 2 is 1.82 bits per heavy atom. The molecule has 0 fully saturated rings. The molecule has 0 N–H and O–H groups in total. The van der Waals surface area contributed by atoms with Gasteiger partial charge in [0.05, 0.1) is 5.56 Å². The molecule has 0 spiro atoms. The van der Waals surface area contributed by atoms with Crippen LogP contribution in [-0.4, -0.2) is 0 Å². The van der Waals surface area contributed by atoms with Crippen LogP contribution in [0.5, 0.6) is 5.75 Å². The van der Waals surface area contributed by atoms with Crippen molar-refractivity contribution < 1.29 is 13.5 Å². The Labute approximate surface area is 98.7 Å². The van der Waals surface area contributed by atoms with E-state index in [4.69, 9.17) is 4.74 Å². The van der Waals surface area contributed by atoms with Crippen molar-refractivity contribution in [3.63, 3.8) is 0 Å². The first-order chi connectivity index (χ1) is 8.27. The Balaban J connectivity index is 2.09. The SMILES string of the molecule is FC(F)c1ccc[c]c1OCc1ccccc1. The molecule has 0 aromatic heterocycles. The van der Waals surface area contributed by atoms with E-state index in [-0.39, 0.29) is 17.9 Å². The number of ether oxygens (including phenoxy) is 1. The van der Waals surface area contributed by atoms with Crippen LogP contribution in [0.2, 0.25) is 0 Å². The van der Waals surface area contributed by atoms with E-state index in [2.05, 4.69) is 6.07 Å². The zero-order valence-electron chi connectivity index (χ0n) is 9.07. The highest BCUT2D eigenvalue weighted by atomic mass is 19.3. The van der Waals surface area contributed by atoms with E-state index in [1.807, 2.05) is 30.3 Å². The molecule has 3 heteroatoms. The van der Waals surface area contributed by atoms with Crippen LogP contribution < -0.4 is 4.74 Å². The Hall–Kier alpha value is -1.90. The topological polar surface area (TPSA) is 9.23 Å². The second kappa shape index (κ2) is 5.43. The van der Waals surface area contributed by atoms with E-state index in [0.717, 1.165) is 5.56 Å². The first-order valence-electron chi connectivity index (χ1n) is 5.23. The van der Waals surface area contributed by atoms with E-state index in [1.54, 1.807) is 6.07 Å². The van der Waals surface area contributed by atoms with Gasteiger partial charge < -0.3 is 4.74 Å². The van der Waals surface area contributed by atoms with Crippen molar-refractivity contribution in [3.05, 3.63) is 65.7 Å². The lowest BCUT2D eigenvalue weighted by Gasteiger charge is -2.10. The van der Waals surface area contributed by atoms with Gasteiger partial charge >= 0.3 is 0 Å². The number of benzene rings is 2. The monoisotopic (exact) mass is 233 g/mol. The number of hydrogen-bond acceptors (Lipinski definition) is 1. The van der Waals surface area contributed by atoms with Gasteiger partial charge in [-0.05, 0) is 11.6 Å². The van der Waals surface area contributed by atoms with Crippen LogP contribution >= 0.6 is 0 Å². The summed E-state index contributed by atoms with van der Waals surface area (Å²) >= 11 is 0. The Bertz CT molecular complexity index is 469. The maximum atomic E-state index is 12.7. The molecule has 0 aliphatic heterocycles. The summed E-state index contributed by atoms with van der Waals surface area (Å²) in [6.45, 7) is 0.265. The standard InChI is InChI=1S/C14H11F2O/c15-14(16)12-8-4-5-9-13(12)17-10-11-6-2-1-3-7-11/h1-8,14H,10H2. The van der Waals surface area contributed by atoms with Gasteiger partial charge in [-0.25, -0.2) is 8.78 Å². The van der Waals surface area contributed by atoms with Crippen LogP contribution in [0.4, 0.5) is 8.78 Å². The zero-order chi connectivity index (χ0) is 12.1. The molecular weight excluding hydrogens is 222 g/mol. The minimum absolute atomic E-state index is 0.117. The molecule has 0 atom stereocenters. The second-order valence-electron chi connectivity index (χ2n) is 3.53. The summed E-state index contributed by atoms with van der Waals surface area (Å²) in [5, 5.41) is 0. The van der Waals surface area contributed by atoms with Gasteiger partial charge in [-0.2, -0.15) is 0 Å². The van der Waals surface area contributed by atoms with Gasteiger partial charge in [0.25, 0.3) is 6.43 Å². The molecule has 0 aliphatic rings. The molecule has 2 rings (SSSR count). The predicted molar refractivity (Wildman–Crippen MR) is 61.0 cm³/mol. The van der Waals surface area contributed by atoms with Crippen molar-refractivity contribution in [1.82, 2.24) is 0 Å². The average molecular weight is 233 g/mol. The number of para-hydroxylation sites is 1. The smallest absolute Gasteiger partial charge is 0.267 e.